The first-order valence-corrected chi connectivity index (χ1v) is 8.81. The SMILES string of the molecule is CCCCCC(C)CCCCC(C)CO.O=S(=O)([O-])[O-]. The summed E-state index contributed by atoms with van der Waals surface area (Å²) >= 11 is 0. The summed E-state index contributed by atoms with van der Waals surface area (Å²) in [7, 11) is -5.17. The zero-order valence-electron chi connectivity index (χ0n) is 13.0. The maximum Gasteiger partial charge on any atom is 0.0456 e. The molecule has 2 unspecified atom stereocenters. The Bertz CT molecular complexity index is 282. The lowest BCUT2D eigenvalue weighted by Crippen LogP contribution is -2.01. The van der Waals surface area contributed by atoms with E-state index in [1.165, 1.54) is 51.4 Å². The van der Waals surface area contributed by atoms with Crippen LogP contribution < -0.4 is 0 Å². The van der Waals surface area contributed by atoms with Gasteiger partial charge in [0.2, 0.25) is 0 Å². The molecule has 0 heterocycles. The Morgan fingerprint density at radius 3 is 1.60 bits per heavy atom. The van der Waals surface area contributed by atoms with E-state index < -0.39 is 10.4 Å². The third kappa shape index (κ3) is 26.4. The van der Waals surface area contributed by atoms with Gasteiger partial charge in [0.15, 0.2) is 0 Å². The van der Waals surface area contributed by atoms with Gasteiger partial charge in [-0.3, -0.25) is 8.42 Å². The van der Waals surface area contributed by atoms with E-state index in [1.54, 1.807) is 0 Å². The van der Waals surface area contributed by atoms with Gasteiger partial charge in [-0.2, -0.15) is 0 Å². The Balaban J connectivity index is 0. The van der Waals surface area contributed by atoms with E-state index in [-0.39, 0.29) is 0 Å². The van der Waals surface area contributed by atoms with Crippen LogP contribution in [-0.2, 0) is 10.4 Å². The first kappa shape index (κ1) is 22.1. The third-order valence-corrected chi connectivity index (χ3v) is 3.26. The molecular formula is C14H30O5S-2. The van der Waals surface area contributed by atoms with Crippen molar-refractivity contribution in [1.29, 1.82) is 0 Å². The summed E-state index contributed by atoms with van der Waals surface area (Å²) < 4.78 is 34.1. The molecule has 2 atom stereocenters. The Morgan fingerprint density at radius 2 is 1.25 bits per heavy atom. The van der Waals surface area contributed by atoms with Crippen LogP contribution in [0.5, 0.6) is 0 Å². The molecule has 1 N–H and O–H groups in total. The van der Waals surface area contributed by atoms with E-state index in [0.717, 1.165) is 5.92 Å². The Labute approximate surface area is 124 Å². The number of hydrogen-bond donors (Lipinski definition) is 1. The predicted octanol–water partition coefficient (Wildman–Crippen LogP) is 3.05. The minimum Gasteiger partial charge on any atom is -0.759 e. The molecule has 0 aromatic carbocycles. The zero-order valence-corrected chi connectivity index (χ0v) is 13.8. The molecule has 124 valence electrons. The summed E-state index contributed by atoms with van der Waals surface area (Å²) in [4.78, 5) is 0. The molecule has 6 heteroatoms. The second-order valence-corrected chi connectivity index (χ2v) is 6.40. The van der Waals surface area contributed by atoms with Crippen LogP contribution >= 0.6 is 0 Å². The fourth-order valence-corrected chi connectivity index (χ4v) is 1.96. The quantitative estimate of drug-likeness (QED) is 0.379. The molecule has 0 aliphatic heterocycles. The lowest BCUT2D eigenvalue weighted by Gasteiger charge is -2.11. The number of aliphatic hydroxyl groups is 1. The van der Waals surface area contributed by atoms with Crippen molar-refractivity contribution in [3.8, 4) is 0 Å². The lowest BCUT2D eigenvalue weighted by molar-refractivity contribution is 0.226. The average Bonchev–Trinajstić information content (AvgIpc) is 2.32. The zero-order chi connectivity index (χ0) is 16.0. The Morgan fingerprint density at radius 1 is 0.900 bits per heavy atom. The molecule has 20 heavy (non-hydrogen) atoms. The van der Waals surface area contributed by atoms with E-state index >= 15 is 0 Å². The van der Waals surface area contributed by atoms with Gasteiger partial charge in [0, 0.05) is 17.0 Å². The molecule has 0 saturated heterocycles. The highest BCUT2D eigenvalue weighted by Crippen LogP contribution is 2.17. The molecule has 0 radical (unpaired) electrons. The molecule has 0 spiro atoms. The molecule has 0 amide bonds. The molecule has 0 saturated carbocycles. The fraction of sp³-hybridized carbons (Fsp3) is 1.00. The number of aliphatic hydroxyl groups excluding tert-OH is 1. The summed E-state index contributed by atoms with van der Waals surface area (Å²) in [6.45, 7) is 7.13. The standard InChI is InChI=1S/C14H30O.H2O4S/c1-4-5-6-9-13(2)10-7-8-11-14(3)12-15;1-5(2,3)4/h13-15H,4-12H2,1-3H3;(H2,1,2,3,4)/p-2. The number of hydrogen-bond acceptors (Lipinski definition) is 5. The topological polar surface area (TPSA) is 100 Å². The van der Waals surface area contributed by atoms with Gasteiger partial charge in [-0.15, -0.1) is 0 Å². The summed E-state index contributed by atoms with van der Waals surface area (Å²) in [5, 5.41) is 8.89. The second kappa shape index (κ2) is 13.8. The van der Waals surface area contributed by atoms with Gasteiger partial charge in [0.25, 0.3) is 0 Å². The van der Waals surface area contributed by atoms with Crippen LogP contribution in [-0.4, -0.2) is 29.2 Å². The minimum absolute atomic E-state index is 0.353. The molecule has 0 aromatic heterocycles. The first-order chi connectivity index (χ1) is 9.20. The van der Waals surface area contributed by atoms with Crippen molar-refractivity contribution in [1.82, 2.24) is 0 Å². The molecule has 0 rings (SSSR count). The van der Waals surface area contributed by atoms with Gasteiger partial charge in [0.05, 0.1) is 0 Å². The summed E-state index contributed by atoms with van der Waals surface area (Å²) in [6.07, 6.45) is 10.7. The van der Waals surface area contributed by atoms with Gasteiger partial charge < -0.3 is 14.2 Å². The largest absolute Gasteiger partial charge is 0.759 e. The van der Waals surface area contributed by atoms with Crippen LogP contribution in [0, 0.1) is 11.8 Å². The summed E-state index contributed by atoms with van der Waals surface area (Å²) in [6, 6.07) is 0. The predicted molar refractivity (Wildman–Crippen MR) is 78.5 cm³/mol. The Kier molecular flexibility index (Phi) is 15.3. The summed E-state index contributed by atoms with van der Waals surface area (Å²) in [5.74, 6) is 1.40. The molecular weight excluding hydrogens is 280 g/mol. The molecule has 0 bridgehead atoms. The highest BCUT2D eigenvalue weighted by Gasteiger charge is 2.03. The van der Waals surface area contributed by atoms with E-state index in [0.29, 0.717) is 12.5 Å². The van der Waals surface area contributed by atoms with Crippen molar-refractivity contribution in [2.75, 3.05) is 6.61 Å². The van der Waals surface area contributed by atoms with Crippen molar-refractivity contribution in [2.45, 2.75) is 72.1 Å². The molecule has 0 aliphatic carbocycles. The van der Waals surface area contributed by atoms with Crippen molar-refractivity contribution in [3.05, 3.63) is 0 Å². The fourth-order valence-electron chi connectivity index (χ4n) is 1.96. The molecule has 5 nitrogen and oxygen atoms in total. The van der Waals surface area contributed by atoms with Crippen LogP contribution in [0.3, 0.4) is 0 Å². The van der Waals surface area contributed by atoms with Crippen molar-refractivity contribution >= 4 is 10.4 Å². The van der Waals surface area contributed by atoms with E-state index in [1.807, 2.05) is 0 Å². The highest BCUT2D eigenvalue weighted by molar-refractivity contribution is 7.79. The molecule has 0 fully saturated rings. The van der Waals surface area contributed by atoms with Gasteiger partial charge in [0.1, 0.15) is 0 Å². The minimum atomic E-state index is -5.17. The highest BCUT2D eigenvalue weighted by atomic mass is 32.3. The van der Waals surface area contributed by atoms with Crippen LogP contribution in [0.4, 0.5) is 0 Å². The van der Waals surface area contributed by atoms with E-state index in [9.17, 15) is 0 Å². The molecule has 0 aliphatic rings. The average molecular weight is 310 g/mol. The van der Waals surface area contributed by atoms with Crippen molar-refractivity contribution in [2.24, 2.45) is 11.8 Å². The maximum absolute atomic E-state index is 8.89. The number of rotatable bonds is 10. The smallest absolute Gasteiger partial charge is 0.0456 e. The Hall–Kier alpha value is -0.170. The van der Waals surface area contributed by atoms with Crippen molar-refractivity contribution in [3.63, 3.8) is 0 Å². The monoisotopic (exact) mass is 310 g/mol. The van der Waals surface area contributed by atoms with Gasteiger partial charge in [-0.1, -0.05) is 65.7 Å². The van der Waals surface area contributed by atoms with E-state index in [2.05, 4.69) is 20.8 Å². The van der Waals surface area contributed by atoms with E-state index in [4.69, 9.17) is 22.6 Å². The van der Waals surface area contributed by atoms with Crippen LogP contribution in [0.15, 0.2) is 0 Å². The second-order valence-electron chi connectivity index (χ2n) is 5.58. The van der Waals surface area contributed by atoms with Crippen LogP contribution in [0.1, 0.15) is 72.1 Å². The van der Waals surface area contributed by atoms with Crippen molar-refractivity contribution < 1.29 is 22.6 Å². The number of unbranched alkanes of at least 4 members (excludes halogenated alkanes) is 3. The van der Waals surface area contributed by atoms with Gasteiger partial charge in [-0.05, 0) is 18.3 Å². The van der Waals surface area contributed by atoms with Gasteiger partial charge >= 0.3 is 0 Å². The third-order valence-electron chi connectivity index (χ3n) is 3.26. The molecule has 0 aromatic rings. The van der Waals surface area contributed by atoms with Gasteiger partial charge in [-0.25, -0.2) is 0 Å². The van der Waals surface area contributed by atoms with Crippen LogP contribution in [0.25, 0.3) is 0 Å². The van der Waals surface area contributed by atoms with Crippen LogP contribution in [0.2, 0.25) is 0 Å². The first-order valence-electron chi connectivity index (χ1n) is 7.48. The maximum atomic E-state index is 8.89. The summed E-state index contributed by atoms with van der Waals surface area (Å²) in [5.41, 5.74) is 0. The lowest BCUT2D eigenvalue weighted by atomic mass is 9.95. The normalized spacial score (nSPS) is 14.3.